The third-order valence-corrected chi connectivity index (χ3v) is 5.31. The molecule has 28 heavy (non-hydrogen) atoms. The van der Waals surface area contributed by atoms with E-state index in [1.165, 1.54) is 18.3 Å². The quantitative estimate of drug-likeness (QED) is 0.655. The highest BCUT2D eigenvalue weighted by Crippen LogP contribution is 2.33. The number of likely N-dealkylation sites (tertiary alicyclic amines) is 1. The molecule has 4 heterocycles. The number of carbonyl (C=O) groups excluding carboxylic acids is 1. The second-order valence-electron chi connectivity index (χ2n) is 6.53. The number of nitrogens with zero attached hydrogens (tertiary/aromatic N) is 5. The van der Waals surface area contributed by atoms with Gasteiger partial charge >= 0.3 is 6.18 Å². The number of alkyl halides is 3. The van der Waals surface area contributed by atoms with Crippen LogP contribution in [-0.2, 0) is 17.5 Å². The molecule has 1 saturated heterocycles. The molecule has 1 unspecified atom stereocenters. The van der Waals surface area contributed by atoms with Gasteiger partial charge in [-0.15, -0.1) is 10.2 Å². The first-order valence-electron chi connectivity index (χ1n) is 8.60. The first-order chi connectivity index (χ1) is 13.3. The summed E-state index contributed by atoms with van der Waals surface area (Å²) in [6.07, 6.45) is -3.14. The van der Waals surface area contributed by atoms with Gasteiger partial charge in [0.2, 0.25) is 17.7 Å². The third-order valence-electron chi connectivity index (χ3n) is 4.62. The summed E-state index contributed by atoms with van der Waals surface area (Å²) in [5.41, 5.74) is 0.0773. The van der Waals surface area contributed by atoms with Crippen LogP contribution in [0.4, 0.5) is 13.2 Å². The van der Waals surface area contributed by atoms with Crippen LogP contribution < -0.4 is 0 Å². The van der Waals surface area contributed by atoms with Gasteiger partial charge in [0, 0.05) is 23.2 Å². The van der Waals surface area contributed by atoms with Crippen LogP contribution in [-0.4, -0.2) is 37.3 Å². The maximum absolute atomic E-state index is 12.8. The summed E-state index contributed by atoms with van der Waals surface area (Å²) in [5, 5.41) is 15.4. The lowest BCUT2D eigenvalue weighted by Crippen LogP contribution is -2.34. The highest BCUT2D eigenvalue weighted by molar-refractivity contribution is 7.08. The minimum absolute atomic E-state index is 0.272. The number of aromatic nitrogens is 4. The van der Waals surface area contributed by atoms with Gasteiger partial charge in [-0.25, -0.2) is 0 Å². The van der Waals surface area contributed by atoms with Crippen LogP contribution in [0, 0.1) is 6.92 Å². The number of thiophene rings is 1. The Balaban J connectivity index is 1.51. The lowest BCUT2D eigenvalue weighted by Gasteiger charge is -2.22. The van der Waals surface area contributed by atoms with Crippen molar-refractivity contribution in [2.45, 2.75) is 38.5 Å². The van der Waals surface area contributed by atoms with E-state index in [0.29, 0.717) is 24.7 Å². The van der Waals surface area contributed by atoms with Crippen molar-refractivity contribution in [1.82, 2.24) is 24.9 Å². The molecule has 0 saturated carbocycles. The van der Waals surface area contributed by atoms with Gasteiger partial charge in [0.05, 0.1) is 0 Å². The normalized spacial score (nSPS) is 17.4. The van der Waals surface area contributed by atoms with Crippen molar-refractivity contribution < 1.29 is 22.4 Å². The number of aryl methyl sites for hydroxylation is 1. The average Bonchev–Trinajstić information content (AvgIpc) is 3.41. The molecule has 4 rings (SSSR count). The summed E-state index contributed by atoms with van der Waals surface area (Å²) < 4.78 is 45.3. The van der Waals surface area contributed by atoms with Gasteiger partial charge in [-0.2, -0.15) is 29.6 Å². The second-order valence-corrected chi connectivity index (χ2v) is 7.31. The molecule has 148 valence electrons. The number of halogens is 3. The topological polar surface area (TPSA) is 77.1 Å². The zero-order valence-electron chi connectivity index (χ0n) is 14.8. The predicted molar refractivity (Wildman–Crippen MR) is 93.3 cm³/mol. The molecule has 3 aromatic rings. The van der Waals surface area contributed by atoms with Crippen LogP contribution in [0.1, 0.15) is 36.2 Å². The van der Waals surface area contributed by atoms with Crippen LogP contribution in [0.2, 0.25) is 0 Å². The summed E-state index contributed by atoms with van der Waals surface area (Å²) in [6, 6.07) is 2.41. The Morgan fingerprint density at radius 2 is 2.21 bits per heavy atom. The van der Waals surface area contributed by atoms with Crippen LogP contribution in [0.3, 0.4) is 0 Å². The van der Waals surface area contributed by atoms with E-state index in [0.717, 1.165) is 22.7 Å². The van der Waals surface area contributed by atoms with Gasteiger partial charge < -0.3 is 9.32 Å². The Morgan fingerprint density at radius 3 is 2.89 bits per heavy atom. The van der Waals surface area contributed by atoms with E-state index in [1.54, 1.807) is 4.90 Å². The maximum Gasteiger partial charge on any atom is 0.435 e. The zero-order chi connectivity index (χ0) is 19.9. The Hall–Kier alpha value is -2.69. The van der Waals surface area contributed by atoms with E-state index in [2.05, 4.69) is 15.3 Å². The molecule has 0 radical (unpaired) electrons. The molecule has 0 spiro atoms. The van der Waals surface area contributed by atoms with Gasteiger partial charge in [0.25, 0.3) is 0 Å². The fourth-order valence-electron chi connectivity index (χ4n) is 3.22. The molecule has 1 amide bonds. The summed E-state index contributed by atoms with van der Waals surface area (Å²) in [7, 11) is 0. The van der Waals surface area contributed by atoms with Crippen molar-refractivity contribution in [1.29, 1.82) is 0 Å². The van der Waals surface area contributed by atoms with E-state index in [9.17, 15) is 18.0 Å². The SMILES string of the molecule is Cc1cc(C(F)(F)F)nn1CC(=O)N1CCCC1c1nnc(-c2ccsc2)o1. The molecule has 0 aromatic carbocycles. The minimum atomic E-state index is -4.54. The van der Waals surface area contributed by atoms with E-state index >= 15 is 0 Å². The molecule has 3 aromatic heterocycles. The van der Waals surface area contributed by atoms with Crippen molar-refractivity contribution >= 4 is 17.2 Å². The zero-order valence-corrected chi connectivity index (χ0v) is 15.6. The van der Waals surface area contributed by atoms with Crippen molar-refractivity contribution in [2.75, 3.05) is 6.54 Å². The summed E-state index contributed by atoms with van der Waals surface area (Å²) in [5.74, 6) is 0.381. The largest absolute Gasteiger partial charge is 0.435 e. The van der Waals surface area contributed by atoms with E-state index in [4.69, 9.17) is 4.42 Å². The highest BCUT2D eigenvalue weighted by Gasteiger charge is 2.36. The smallest absolute Gasteiger partial charge is 0.418 e. The van der Waals surface area contributed by atoms with Crippen molar-refractivity contribution in [2.24, 2.45) is 0 Å². The minimum Gasteiger partial charge on any atom is -0.418 e. The molecule has 11 heteroatoms. The molecule has 7 nitrogen and oxygen atoms in total. The predicted octanol–water partition coefficient (Wildman–Crippen LogP) is 3.69. The molecular formula is C17H16F3N5O2S. The molecule has 0 aliphatic carbocycles. The summed E-state index contributed by atoms with van der Waals surface area (Å²) in [4.78, 5) is 14.3. The lowest BCUT2D eigenvalue weighted by molar-refractivity contribution is -0.142. The maximum atomic E-state index is 12.8. The van der Waals surface area contributed by atoms with Crippen molar-refractivity contribution in [3.63, 3.8) is 0 Å². The second kappa shape index (κ2) is 7.04. The lowest BCUT2D eigenvalue weighted by atomic mass is 10.2. The van der Waals surface area contributed by atoms with Gasteiger partial charge in [0.1, 0.15) is 12.6 Å². The molecule has 0 N–H and O–H groups in total. The van der Waals surface area contributed by atoms with Crippen LogP contribution in [0.15, 0.2) is 27.3 Å². The fraction of sp³-hybridized carbons (Fsp3) is 0.412. The van der Waals surface area contributed by atoms with E-state index in [1.807, 2.05) is 16.8 Å². The summed E-state index contributed by atoms with van der Waals surface area (Å²) >= 11 is 1.51. The number of hydrogen-bond donors (Lipinski definition) is 0. The van der Waals surface area contributed by atoms with Gasteiger partial charge in [0.15, 0.2) is 5.69 Å². The number of carbonyl (C=O) groups is 1. The Kier molecular flexibility index (Phi) is 4.69. The van der Waals surface area contributed by atoms with E-state index < -0.39 is 11.9 Å². The molecule has 1 fully saturated rings. The highest BCUT2D eigenvalue weighted by atomic mass is 32.1. The first-order valence-corrected chi connectivity index (χ1v) is 9.54. The monoisotopic (exact) mass is 411 g/mol. The van der Waals surface area contributed by atoms with Gasteiger partial charge in [-0.05, 0) is 37.3 Å². The Morgan fingerprint density at radius 1 is 1.39 bits per heavy atom. The first kappa shape index (κ1) is 18.7. The number of rotatable bonds is 4. The summed E-state index contributed by atoms with van der Waals surface area (Å²) in [6.45, 7) is 1.69. The molecule has 1 aliphatic rings. The fourth-order valence-corrected chi connectivity index (χ4v) is 3.85. The number of amides is 1. The van der Waals surface area contributed by atoms with Crippen LogP contribution >= 0.6 is 11.3 Å². The molecule has 1 atom stereocenters. The van der Waals surface area contributed by atoms with Crippen molar-refractivity contribution in [3.05, 3.63) is 40.2 Å². The van der Waals surface area contributed by atoms with Gasteiger partial charge in [-0.3, -0.25) is 9.48 Å². The van der Waals surface area contributed by atoms with Crippen molar-refractivity contribution in [3.8, 4) is 11.5 Å². The Labute approximate surface area is 161 Å². The third kappa shape index (κ3) is 3.53. The standard InChI is InChI=1S/C17H16F3N5O2S/c1-10-7-13(17(18,19)20)23-25(10)8-14(26)24-5-2-3-12(24)16-22-21-15(27-16)11-4-6-28-9-11/h4,6-7,9,12H,2-3,5,8H2,1H3. The van der Waals surface area contributed by atoms with Gasteiger partial charge in [-0.1, -0.05) is 0 Å². The Bertz CT molecular complexity index is 979. The molecule has 1 aliphatic heterocycles. The van der Waals surface area contributed by atoms with Crippen LogP contribution in [0.25, 0.3) is 11.5 Å². The van der Waals surface area contributed by atoms with Crippen LogP contribution in [0.5, 0.6) is 0 Å². The molecular weight excluding hydrogens is 395 g/mol. The number of hydrogen-bond acceptors (Lipinski definition) is 6. The molecule has 0 bridgehead atoms. The average molecular weight is 411 g/mol. The van der Waals surface area contributed by atoms with E-state index in [-0.39, 0.29) is 24.2 Å².